The third kappa shape index (κ3) is 18.3. The lowest BCUT2D eigenvalue weighted by Gasteiger charge is -2.13. The number of phenolic OH excluding ortho intramolecular Hbond substituents is 1. The van der Waals surface area contributed by atoms with Crippen molar-refractivity contribution in [1.82, 2.24) is 0 Å². The fourth-order valence-corrected chi connectivity index (χ4v) is 6.05. The molecular formula is C41H66O4. The Morgan fingerprint density at radius 2 is 0.978 bits per heavy atom. The molecule has 0 aliphatic rings. The number of rotatable bonds is 29. The first-order valence-electron chi connectivity index (χ1n) is 18.9. The lowest BCUT2D eigenvalue weighted by atomic mass is 10.0. The molecule has 4 heteroatoms. The van der Waals surface area contributed by atoms with Crippen molar-refractivity contribution < 1.29 is 19.4 Å². The van der Waals surface area contributed by atoms with Crippen molar-refractivity contribution in [3.05, 3.63) is 53.6 Å². The van der Waals surface area contributed by atoms with Gasteiger partial charge < -0.3 is 14.6 Å². The van der Waals surface area contributed by atoms with E-state index in [0.717, 1.165) is 37.7 Å². The lowest BCUT2D eigenvalue weighted by molar-refractivity contribution is 0.0724. The molecule has 0 saturated carbocycles. The average Bonchev–Trinajstić information content (AvgIpc) is 3.05. The zero-order valence-electron chi connectivity index (χ0n) is 29.1. The molecule has 0 aromatic heterocycles. The van der Waals surface area contributed by atoms with Gasteiger partial charge in [-0.05, 0) is 43.0 Å². The summed E-state index contributed by atoms with van der Waals surface area (Å²) in [5.74, 6) is 0.326. The van der Waals surface area contributed by atoms with Crippen LogP contribution in [0.3, 0.4) is 0 Å². The van der Waals surface area contributed by atoms with Crippen molar-refractivity contribution in [3.63, 3.8) is 0 Å². The Kier molecular flexibility index (Phi) is 23.0. The molecule has 0 heterocycles. The second-order valence-corrected chi connectivity index (χ2v) is 13.0. The van der Waals surface area contributed by atoms with Gasteiger partial charge in [-0.1, -0.05) is 179 Å². The normalized spacial score (nSPS) is 11.2. The van der Waals surface area contributed by atoms with Crippen LogP contribution >= 0.6 is 0 Å². The first kappa shape index (κ1) is 38.7. The first-order valence-corrected chi connectivity index (χ1v) is 18.9. The molecule has 0 fully saturated rings. The minimum Gasteiger partial charge on any atom is -0.504 e. The summed E-state index contributed by atoms with van der Waals surface area (Å²) in [6, 6.07) is 12.7. The minimum absolute atomic E-state index is 0.0730. The van der Waals surface area contributed by atoms with Gasteiger partial charge >= 0.3 is 5.97 Å². The van der Waals surface area contributed by atoms with E-state index in [1.165, 1.54) is 128 Å². The van der Waals surface area contributed by atoms with Gasteiger partial charge in [0, 0.05) is 0 Å². The summed E-state index contributed by atoms with van der Waals surface area (Å²) in [7, 11) is 0. The van der Waals surface area contributed by atoms with E-state index in [4.69, 9.17) is 9.47 Å². The summed E-state index contributed by atoms with van der Waals surface area (Å²) in [5.41, 5.74) is 1.23. The minimum atomic E-state index is -0.502. The third-order valence-electron chi connectivity index (χ3n) is 8.95. The maximum absolute atomic E-state index is 13.1. The van der Waals surface area contributed by atoms with Crippen molar-refractivity contribution in [2.75, 3.05) is 6.61 Å². The van der Waals surface area contributed by atoms with Crippen LogP contribution in [0, 0.1) is 0 Å². The molecule has 254 valence electrons. The Hall–Kier alpha value is -2.49. The van der Waals surface area contributed by atoms with E-state index in [9.17, 15) is 9.90 Å². The van der Waals surface area contributed by atoms with E-state index in [1.54, 1.807) is 12.1 Å². The van der Waals surface area contributed by atoms with Crippen molar-refractivity contribution >= 4 is 5.97 Å². The molecule has 0 unspecified atom stereocenters. The number of aromatic hydroxyl groups is 1. The van der Waals surface area contributed by atoms with Crippen LogP contribution in [-0.2, 0) is 6.42 Å². The highest BCUT2D eigenvalue weighted by molar-refractivity contribution is 5.94. The summed E-state index contributed by atoms with van der Waals surface area (Å²) in [5, 5.41) is 10.9. The molecular weight excluding hydrogens is 556 g/mol. The van der Waals surface area contributed by atoms with Gasteiger partial charge in [0.05, 0.1) is 6.61 Å². The van der Waals surface area contributed by atoms with Crippen molar-refractivity contribution in [2.45, 2.75) is 174 Å². The van der Waals surface area contributed by atoms with E-state index >= 15 is 0 Å². The molecule has 0 radical (unpaired) electrons. The van der Waals surface area contributed by atoms with E-state index < -0.39 is 5.97 Å². The van der Waals surface area contributed by atoms with Gasteiger partial charge in [0.15, 0.2) is 11.5 Å². The maximum Gasteiger partial charge on any atom is 0.347 e. The predicted molar refractivity (Wildman–Crippen MR) is 191 cm³/mol. The molecule has 0 amide bonds. The molecule has 45 heavy (non-hydrogen) atoms. The number of hydrogen-bond donors (Lipinski definition) is 1. The number of aryl methyl sites for hydroxylation is 1. The highest BCUT2D eigenvalue weighted by Crippen LogP contribution is 2.32. The molecule has 4 nitrogen and oxygen atoms in total. The van der Waals surface area contributed by atoms with Crippen molar-refractivity contribution in [1.29, 1.82) is 0 Å². The molecule has 0 aliphatic heterocycles. The Bertz CT molecular complexity index is 1000. The lowest BCUT2D eigenvalue weighted by Crippen LogP contribution is -2.11. The molecule has 0 aliphatic carbocycles. The number of phenols is 1. The van der Waals surface area contributed by atoms with E-state index in [1.807, 2.05) is 30.3 Å². The summed E-state index contributed by atoms with van der Waals surface area (Å²) in [4.78, 5) is 13.1. The number of ether oxygens (including phenoxy) is 2. The Labute approximate surface area is 276 Å². The summed E-state index contributed by atoms with van der Waals surface area (Å²) < 4.78 is 11.7. The van der Waals surface area contributed by atoms with Gasteiger partial charge in [-0.15, -0.1) is 0 Å². The van der Waals surface area contributed by atoms with Gasteiger partial charge in [-0.2, -0.15) is 0 Å². The fourth-order valence-electron chi connectivity index (χ4n) is 6.05. The van der Waals surface area contributed by atoms with Crippen LogP contribution in [0.5, 0.6) is 17.2 Å². The van der Waals surface area contributed by atoms with Crippen LogP contribution in [0.25, 0.3) is 0 Å². The summed E-state index contributed by atoms with van der Waals surface area (Å²) in [6.45, 7) is 5.12. The van der Waals surface area contributed by atoms with E-state index in [0.29, 0.717) is 17.9 Å². The standard InChI is InChI=1S/C41H66O4/c1-3-5-7-9-11-13-15-17-19-21-23-25-30-36-31-29-34-39(40(36)42)45-41(43)37-32-26-27-33-38(37)44-35-28-24-22-20-18-16-14-12-10-8-6-4-2/h26-27,29,31-34,42H,3-25,28,30,35H2,1-2H3. The molecule has 0 atom stereocenters. The Balaban J connectivity index is 1.64. The molecule has 0 spiro atoms. The zero-order valence-corrected chi connectivity index (χ0v) is 29.1. The van der Waals surface area contributed by atoms with Crippen molar-refractivity contribution in [3.8, 4) is 17.2 Å². The second-order valence-electron chi connectivity index (χ2n) is 13.0. The molecule has 2 aromatic carbocycles. The summed E-state index contributed by atoms with van der Waals surface area (Å²) >= 11 is 0. The van der Waals surface area contributed by atoms with E-state index in [-0.39, 0.29) is 11.5 Å². The SMILES string of the molecule is CCCCCCCCCCCCCCOc1ccccc1C(=O)Oc1cccc(CCCCCCCCCCCCCC)c1O. The molecule has 0 bridgehead atoms. The fraction of sp³-hybridized carbons (Fsp3) is 0.683. The maximum atomic E-state index is 13.1. The smallest absolute Gasteiger partial charge is 0.347 e. The van der Waals surface area contributed by atoms with Crippen LogP contribution < -0.4 is 9.47 Å². The van der Waals surface area contributed by atoms with Gasteiger partial charge in [-0.3, -0.25) is 0 Å². The van der Waals surface area contributed by atoms with Crippen LogP contribution in [-0.4, -0.2) is 17.7 Å². The largest absolute Gasteiger partial charge is 0.504 e. The van der Waals surface area contributed by atoms with Gasteiger partial charge in [0.2, 0.25) is 0 Å². The number of benzene rings is 2. The topological polar surface area (TPSA) is 55.8 Å². The second kappa shape index (κ2) is 26.7. The monoisotopic (exact) mass is 622 g/mol. The predicted octanol–water partition coefficient (Wildman–Crippen LogP) is 12.9. The van der Waals surface area contributed by atoms with Crippen LogP contribution in [0.1, 0.15) is 184 Å². The number of carbonyl (C=O) groups excluding carboxylic acids is 1. The highest BCUT2D eigenvalue weighted by atomic mass is 16.5. The molecule has 2 rings (SSSR count). The van der Waals surface area contributed by atoms with Gasteiger partial charge in [-0.25, -0.2) is 4.79 Å². The van der Waals surface area contributed by atoms with Gasteiger partial charge in [0.25, 0.3) is 0 Å². The van der Waals surface area contributed by atoms with Gasteiger partial charge in [0.1, 0.15) is 11.3 Å². The van der Waals surface area contributed by atoms with E-state index in [2.05, 4.69) is 13.8 Å². The van der Waals surface area contributed by atoms with Crippen LogP contribution in [0.15, 0.2) is 42.5 Å². The quantitative estimate of drug-likeness (QED) is 0.0557. The molecule has 2 aromatic rings. The number of para-hydroxylation sites is 2. The first-order chi connectivity index (χ1) is 22.2. The zero-order chi connectivity index (χ0) is 32.2. The average molecular weight is 623 g/mol. The van der Waals surface area contributed by atoms with Crippen LogP contribution in [0.2, 0.25) is 0 Å². The molecule has 0 saturated heterocycles. The summed E-state index contributed by atoms with van der Waals surface area (Å²) in [6.07, 6.45) is 32.0. The highest BCUT2D eigenvalue weighted by Gasteiger charge is 2.17. The molecule has 1 N–H and O–H groups in total. The third-order valence-corrected chi connectivity index (χ3v) is 8.95. The number of unbranched alkanes of at least 4 members (excludes halogenated alkanes) is 22. The number of esters is 1. The van der Waals surface area contributed by atoms with Crippen molar-refractivity contribution in [2.24, 2.45) is 0 Å². The number of hydrogen-bond acceptors (Lipinski definition) is 4. The Morgan fingerprint density at radius 3 is 1.51 bits per heavy atom. The Morgan fingerprint density at radius 1 is 0.533 bits per heavy atom. The van der Waals surface area contributed by atoms with Crippen LogP contribution in [0.4, 0.5) is 0 Å². The number of carbonyl (C=O) groups is 1.